The van der Waals surface area contributed by atoms with E-state index in [1.54, 1.807) is 11.3 Å². The molecule has 0 aliphatic heterocycles. The number of aldehydes is 1. The van der Waals surface area contributed by atoms with Gasteiger partial charge in [-0.15, -0.1) is 11.3 Å². The Morgan fingerprint density at radius 3 is 2.59 bits per heavy atom. The zero-order valence-corrected chi connectivity index (χ0v) is 17.6. The largest absolute Gasteiger partial charge is 0.431 e. The summed E-state index contributed by atoms with van der Waals surface area (Å²) in [5.74, 6) is 0.934. The molecular weight excluding hydrogens is 392 g/mol. The molecule has 0 unspecified atom stereocenters. The third-order valence-electron chi connectivity index (χ3n) is 4.82. The first kappa shape index (κ1) is 20.8. The molecule has 0 atom stereocenters. The van der Waals surface area contributed by atoms with Crippen LogP contribution in [0.5, 0.6) is 11.6 Å². The third-order valence-corrected chi connectivity index (χ3v) is 5.92. The molecule has 0 aliphatic rings. The van der Waals surface area contributed by atoms with Crippen molar-refractivity contribution < 1.29 is 14.5 Å². The average molecular weight is 414 g/mol. The van der Waals surface area contributed by atoms with Crippen molar-refractivity contribution >= 4 is 33.5 Å². The molecule has 0 N–H and O–H groups in total. The van der Waals surface area contributed by atoms with Crippen LogP contribution >= 0.6 is 11.3 Å². The standard InChI is InChI=1S/C20H22N4O4S/c1-5-23(6-2)10-17-21-19(18-12(3)13(4)29-20(18)22-17)28-16-8-7-14(11-25)9-15(16)24(26)27/h7-9,11H,5-6,10H2,1-4H3. The molecule has 0 saturated carbocycles. The van der Waals surface area contributed by atoms with Crippen LogP contribution in [0.3, 0.4) is 0 Å². The van der Waals surface area contributed by atoms with Gasteiger partial charge in [-0.3, -0.25) is 19.8 Å². The van der Waals surface area contributed by atoms with Crippen molar-refractivity contribution in [2.24, 2.45) is 0 Å². The smallest absolute Gasteiger partial charge is 0.312 e. The number of nitro benzene ring substituents is 1. The minimum Gasteiger partial charge on any atom is -0.431 e. The van der Waals surface area contributed by atoms with Crippen LogP contribution in [0.4, 0.5) is 5.69 Å². The van der Waals surface area contributed by atoms with Gasteiger partial charge < -0.3 is 4.74 Å². The van der Waals surface area contributed by atoms with Crippen molar-refractivity contribution in [2.45, 2.75) is 34.2 Å². The highest BCUT2D eigenvalue weighted by atomic mass is 32.1. The number of carbonyl (C=O) groups excluding carboxylic acids is 1. The van der Waals surface area contributed by atoms with Crippen LogP contribution < -0.4 is 4.74 Å². The Bertz CT molecular complexity index is 1080. The summed E-state index contributed by atoms with van der Waals surface area (Å²) in [6.07, 6.45) is 0.564. The minimum atomic E-state index is -0.566. The molecule has 2 heterocycles. The van der Waals surface area contributed by atoms with E-state index in [1.807, 2.05) is 13.8 Å². The molecule has 8 nitrogen and oxygen atoms in total. The molecular formula is C20H22N4O4S. The van der Waals surface area contributed by atoms with Crippen LogP contribution in [0, 0.1) is 24.0 Å². The highest BCUT2D eigenvalue weighted by molar-refractivity contribution is 7.18. The lowest BCUT2D eigenvalue weighted by molar-refractivity contribution is -0.385. The lowest BCUT2D eigenvalue weighted by atomic mass is 10.2. The van der Waals surface area contributed by atoms with Gasteiger partial charge in [0.2, 0.25) is 11.6 Å². The lowest BCUT2D eigenvalue weighted by Gasteiger charge is -2.17. The summed E-state index contributed by atoms with van der Waals surface area (Å²) in [5.41, 5.74) is 0.916. The normalized spacial score (nSPS) is 11.2. The SMILES string of the molecule is CCN(CC)Cc1nc(Oc2ccc(C=O)cc2[N+](=O)[O-])c2c(C)c(C)sc2n1. The molecule has 0 spiro atoms. The zero-order chi connectivity index (χ0) is 21.1. The maximum Gasteiger partial charge on any atom is 0.312 e. The van der Waals surface area contributed by atoms with Crippen LogP contribution in [0.1, 0.15) is 40.5 Å². The van der Waals surface area contributed by atoms with Gasteiger partial charge in [0.05, 0.1) is 16.9 Å². The third kappa shape index (κ3) is 4.25. The Hall–Kier alpha value is -2.91. The molecule has 3 aromatic rings. The van der Waals surface area contributed by atoms with Crippen molar-refractivity contribution in [2.75, 3.05) is 13.1 Å². The number of rotatable bonds is 8. The Morgan fingerprint density at radius 1 is 1.24 bits per heavy atom. The second-order valence-corrected chi connectivity index (χ2v) is 7.78. The van der Waals surface area contributed by atoms with Crippen LogP contribution in [0.25, 0.3) is 10.2 Å². The fourth-order valence-corrected chi connectivity index (χ4v) is 4.03. The number of hydrogen-bond acceptors (Lipinski definition) is 8. The quantitative estimate of drug-likeness (QED) is 0.300. The molecule has 0 fully saturated rings. The van der Waals surface area contributed by atoms with E-state index in [0.717, 1.165) is 33.7 Å². The monoisotopic (exact) mass is 414 g/mol. The van der Waals surface area contributed by atoms with Crippen molar-refractivity contribution in [3.05, 3.63) is 50.1 Å². The second kappa shape index (κ2) is 8.62. The van der Waals surface area contributed by atoms with Crippen LogP contribution in [-0.2, 0) is 6.54 Å². The summed E-state index contributed by atoms with van der Waals surface area (Å²) in [4.78, 5) is 35.2. The van der Waals surface area contributed by atoms with Crippen molar-refractivity contribution in [3.8, 4) is 11.6 Å². The molecule has 1 aromatic carbocycles. The molecule has 2 aromatic heterocycles. The maximum atomic E-state index is 11.5. The second-order valence-electron chi connectivity index (χ2n) is 6.57. The van der Waals surface area contributed by atoms with Gasteiger partial charge in [0.1, 0.15) is 16.9 Å². The number of fused-ring (bicyclic) bond motifs is 1. The highest BCUT2D eigenvalue weighted by Crippen LogP contribution is 2.39. The topological polar surface area (TPSA) is 98.5 Å². The van der Waals surface area contributed by atoms with E-state index in [2.05, 4.69) is 28.7 Å². The maximum absolute atomic E-state index is 11.5. The molecule has 3 rings (SSSR count). The Morgan fingerprint density at radius 2 is 1.97 bits per heavy atom. The number of aromatic nitrogens is 2. The highest BCUT2D eigenvalue weighted by Gasteiger charge is 2.22. The van der Waals surface area contributed by atoms with E-state index in [0.29, 0.717) is 24.5 Å². The van der Waals surface area contributed by atoms with Crippen LogP contribution in [0.15, 0.2) is 18.2 Å². The summed E-state index contributed by atoms with van der Waals surface area (Å²) >= 11 is 1.55. The number of thiophene rings is 1. The fraction of sp³-hybridized carbons (Fsp3) is 0.350. The van der Waals surface area contributed by atoms with E-state index in [4.69, 9.17) is 4.74 Å². The number of hydrogen-bond donors (Lipinski definition) is 0. The van der Waals surface area contributed by atoms with E-state index in [9.17, 15) is 14.9 Å². The molecule has 0 amide bonds. The fourth-order valence-electron chi connectivity index (χ4n) is 2.99. The van der Waals surface area contributed by atoms with Gasteiger partial charge in [0.15, 0.2) is 0 Å². The Kier molecular flexibility index (Phi) is 6.19. The zero-order valence-electron chi connectivity index (χ0n) is 16.8. The number of nitrogens with zero attached hydrogens (tertiary/aromatic N) is 4. The number of carbonyl (C=O) groups is 1. The van der Waals surface area contributed by atoms with Crippen molar-refractivity contribution in [1.82, 2.24) is 14.9 Å². The minimum absolute atomic E-state index is 0.0395. The van der Waals surface area contributed by atoms with Gasteiger partial charge in [-0.1, -0.05) is 13.8 Å². The van der Waals surface area contributed by atoms with Gasteiger partial charge in [0, 0.05) is 16.5 Å². The number of aryl methyl sites for hydroxylation is 2. The first-order valence-corrected chi connectivity index (χ1v) is 10.1. The first-order valence-electron chi connectivity index (χ1n) is 9.28. The first-order chi connectivity index (χ1) is 13.9. The Labute approximate surface area is 172 Å². The Balaban J connectivity index is 2.13. The van der Waals surface area contributed by atoms with Gasteiger partial charge >= 0.3 is 5.69 Å². The molecule has 152 valence electrons. The number of ether oxygens (including phenoxy) is 1. The van der Waals surface area contributed by atoms with Crippen molar-refractivity contribution in [3.63, 3.8) is 0 Å². The molecule has 29 heavy (non-hydrogen) atoms. The summed E-state index contributed by atoms with van der Waals surface area (Å²) in [6.45, 7) is 10.4. The summed E-state index contributed by atoms with van der Waals surface area (Å²) in [7, 11) is 0. The van der Waals surface area contributed by atoms with Crippen LogP contribution in [-0.4, -0.2) is 39.2 Å². The van der Waals surface area contributed by atoms with E-state index in [1.165, 1.54) is 18.2 Å². The van der Waals surface area contributed by atoms with Gasteiger partial charge in [-0.25, -0.2) is 4.98 Å². The average Bonchev–Trinajstić information content (AvgIpc) is 3.00. The van der Waals surface area contributed by atoms with E-state index < -0.39 is 4.92 Å². The molecule has 0 radical (unpaired) electrons. The van der Waals surface area contributed by atoms with E-state index >= 15 is 0 Å². The van der Waals surface area contributed by atoms with Gasteiger partial charge in [0.25, 0.3) is 0 Å². The van der Waals surface area contributed by atoms with Crippen molar-refractivity contribution in [1.29, 1.82) is 0 Å². The van der Waals surface area contributed by atoms with Gasteiger partial charge in [-0.05, 0) is 44.6 Å². The predicted molar refractivity (Wildman–Crippen MR) is 112 cm³/mol. The van der Waals surface area contributed by atoms with Crippen LogP contribution in [0.2, 0.25) is 0 Å². The van der Waals surface area contributed by atoms with Gasteiger partial charge in [-0.2, -0.15) is 4.98 Å². The number of benzene rings is 1. The number of nitro groups is 1. The summed E-state index contributed by atoms with van der Waals surface area (Å²) in [6, 6.07) is 4.11. The summed E-state index contributed by atoms with van der Waals surface area (Å²) < 4.78 is 5.95. The lowest BCUT2D eigenvalue weighted by Crippen LogP contribution is -2.23. The van der Waals surface area contributed by atoms with E-state index in [-0.39, 0.29) is 17.0 Å². The molecule has 0 saturated heterocycles. The molecule has 9 heteroatoms. The molecule has 0 aliphatic carbocycles. The predicted octanol–water partition coefficient (Wildman–Crippen LogP) is 4.66. The molecule has 0 bridgehead atoms. The summed E-state index contributed by atoms with van der Waals surface area (Å²) in [5, 5.41) is 12.2.